The molecule has 3 N–H and O–H groups in total. The molecule has 0 aliphatic heterocycles. The van der Waals surface area contributed by atoms with Crippen molar-refractivity contribution >= 4 is 22.7 Å². The first-order valence-corrected chi connectivity index (χ1v) is 8.30. The number of H-pyrrole nitrogens is 1. The molecule has 3 rings (SSSR count). The van der Waals surface area contributed by atoms with Crippen LogP contribution in [0, 0.1) is 6.92 Å². The largest absolute Gasteiger partial charge is 0.361 e. The standard InChI is InChI=1S/C20H21N3O2/c1-14-7-8-17-16(12-22-18(17)11-14)9-10-21-19(24)13-23-20(25)15-5-3-2-4-6-15/h2-8,11-12,22H,9-10,13H2,1H3,(H,21,24)(H,23,25). The highest BCUT2D eigenvalue weighted by Gasteiger charge is 2.08. The van der Waals surface area contributed by atoms with E-state index in [1.54, 1.807) is 24.3 Å². The highest BCUT2D eigenvalue weighted by atomic mass is 16.2. The number of amides is 2. The molecule has 0 atom stereocenters. The summed E-state index contributed by atoms with van der Waals surface area (Å²) in [7, 11) is 0. The number of carbonyl (C=O) groups is 2. The number of benzene rings is 2. The summed E-state index contributed by atoms with van der Waals surface area (Å²) in [5.41, 5.74) is 4.04. The number of aromatic nitrogens is 1. The molecule has 0 bridgehead atoms. The number of hydrogen-bond acceptors (Lipinski definition) is 2. The second-order valence-electron chi connectivity index (χ2n) is 6.01. The van der Waals surface area contributed by atoms with Crippen molar-refractivity contribution in [3.05, 3.63) is 71.4 Å². The first kappa shape index (κ1) is 16.8. The normalized spacial score (nSPS) is 10.6. The molecule has 0 radical (unpaired) electrons. The van der Waals surface area contributed by atoms with E-state index in [1.165, 1.54) is 16.5 Å². The zero-order valence-corrected chi connectivity index (χ0v) is 14.1. The molecule has 2 aromatic carbocycles. The van der Waals surface area contributed by atoms with Gasteiger partial charge in [0.15, 0.2) is 0 Å². The molecule has 0 unspecified atom stereocenters. The van der Waals surface area contributed by atoms with E-state index in [0.717, 1.165) is 11.9 Å². The van der Waals surface area contributed by atoms with Crippen LogP contribution in [-0.2, 0) is 11.2 Å². The van der Waals surface area contributed by atoms with Gasteiger partial charge in [0.1, 0.15) is 0 Å². The molecule has 2 amide bonds. The van der Waals surface area contributed by atoms with Gasteiger partial charge in [0.25, 0.3) is 5.91 Å². The lowest BCUT2D eigenvalue weighted by molar-refractivity contribution is -0.120. The number of hydrogen-bond donors (Lipinski definition) is 3. The van der Waals surface area contributed by atoms with E-state index in [1.807, 2.05) is 12.3 Å². The summed E-state index contributed by atoms with van der Waals surface area (Å²) in [6.07, 6.45) is 2.72. The van der Waals surface area contributed by atoms with Gasteiger partial charge < -0.3 is 15.6 Å². The lowest BCUT2D eigenvalue weighted by Gasteiger charge is -2.07. The molecule has 5 nitrogen and oxygen atoms in total. The van der Waals surface area contributed by atoms with Gasteiger partial charge in [-0.2, -0.15) is 0 Å². The van der Waals surface area contributed by atoms with Gasteiger partial charge in [-0.15, -0.1) is 0 Å². The van der Waals surface area contributed by atoms with E-state index in [9.17, 15) is 9.59 Å². The van der Waals surface area contributed by atoms with Crippen molar-refractivity contribution in [1.29, 1.82) is 0 Å². The van der Waals surface area contributed by atoms with Gasteiger partial charge >= 0.3 is 0 Å². The summed E-state index contributed by atoms with van der Waals surface area (Å²) >= 11 is 0. The Hall–Kier alpha value is -3.08. The van der Waals surface area contributed by atoms with Crippen molar-refractivity contribution in [2.24, 2.45) is 0 Å². The lowest BCUT2D eigenvalue weighted by atomic mass is 10.1. The van der Waals surface area contributed by atoms with E-state index >= 15 is 0 Å². The zero-order valence-electron chi connectivity index (χ0n) is 14.1. The first-order chi connectivity index (χ1) is 12.1. The summed E-state index contributed by atoms with van der Waals surface area (Å²) in [4.78, 5) is 27.0. The van der Waals surface area contributed by atoms with Crippen LogP contribution < -0.4 is 10.6 Å². The average molecular weight is 335 g/mol. The lowest BCUT2D eigenvalue weighted by Crippen LogP contribution is -2.37. The van der Waals surface area contributed by atoms with Crippen LogP contribution >= 0.6 is 0 Å². The van der Waals surface area contributed by atoms with E-state index in [-0.39, 0.29) is 18.4 Å². The molecule has 1 heterocycles. The SMILES string of the molecule is Cc1ccc2c(CCNC(=O)CNC(=O)c3ccccc3)c[nH]c2c1. The van der Waals surface area contributed by atoms with E-state index in [4.69, 9.17) is 0 Å². The molecule has 0 fully saturated rings. The van der Waals surface area contributed by atoms with Gasteiger partial charge in [-0.1, -0.05) is 30.3 Å². The molecule has 0 saturated heterocycles. The molecule has 25 heavy (non-hydrogen) atoms. The number of fused-ring (bicyclic) bond motifs is 1. The Balaban J connectivity index is 1.45. The molecule has 0 aliphatic rings. The molecule has 3 aromatic rings. The van der Waals surface area contributed by atoms with Crippen molar-refractivity contribution in [2.75, 3.05) is 13.1 Å². The van der Waals surface area contributed by atoms with Gasteiger partial charge in [0.2, 0.25) is 5.91 Å². The molecule has 0 aliphatic carbocycles. The second-order valence-corrected chi connectivity index (χ2v) is 6.01. The second kappa shape index (κ2) is 7.66. The van der Waals surface area contributed by atoms with Gasteiger partial charge in [-0.25, -0.2) is 0 Å². The number of aryl methyl sites for hydroxylation is 1. The Morgan fingerprint density at radius 3 is 2.64 bits per heavy atom. The summed E-state index contributed by atoms with van der Waals surface area (Å²) in [5, 5.41) is 6.64. The first-order valence-electron chi connectivity index (χ1n) is 8.30. The highest BCUT2D eigenvalue weighted by Crippen LogP contribution is 2.19. The Bertz CT molecular complexity index is 884. The smallest absolute Gasteiger partial charge is 0.251 e. The maximum absolute atomic E-state index is 11.9. The van der Waals surface area contributed by atoms with Gasteiger partial charge in [0.05, 0.1) is 6.54 Å². The van der Waals surface area contributed by atoms with Crippen LogP contribution in [0.25, 0.3) is 10.9 Å². The van der Waals surface area contributed by atoms with E-state index < -0.39 is 0 Å². The number of carbonyl (C=O) groups excluding carboxylic acids is 2. The molecular weight excluding hydrogens is 314 g/mol. The number of nitrogens with one attached hydrogen (secondary N) is 3. The zero-order chi connectivity index (χ0) is 17.6. The third-order valence-electron chi connectivity index (χ3n) is 4.08. The van der Waals surface area contributed by atoms with Crippen molar-refractivity contribution < 1.29 is 9.59 Å². The highest BCUT2D eigenvalue weighted by molar-refractivity contribution is 5.96. The fraction of sp³-hybridized carbons (Fsp3) is 0.200. The summed E-state index contributed by atoms with van der Waals surface area (Å²) in [6, 6.07) is 15.1. The minimum atomic E-state index is -0.247. The summed E-state index contributed by atoms with van der Waals surface area (Å²) in [5.74, 6) is -0.442. The minimum Gasteiger partial charge on any atom is -0.361 e. The van der Waals surface area contributed by atoms with Crippen LogP contribution in [-0.4, -0.2) is 29.9 Å². The maximum atomic E-state index is 11.9. The number of aromatic amines is 1. The Labute approximate surface area is 146 Å². The molecule has 1 aromatic heterocycles. The van der Waals surface area contributed by atoms with Crippen molar-refractivity contribution in [2.45, 2.75) is 13.3 Å². The van der Waals surface area contributed by atoms with Crippen LogP contribution in [0.1, 0.15) is 21.5 Å². The van der Waals surface area contributed by atoms with Gasteiger partial charge in [-0.3, -0.25) is 9.59 Å². The van der Waals surface area contributed by atoms with Crippen molar-refractivity contribution in [3.63, 3.8) is 0 Å². The molecule has 128 valence electrons. The quantitative estimate of drug-likeness (QED) is 0.648. The van der Waals surface area contributed by atoms with Crippen LogP contribution in [0.5, 0.6) is 0 Å². The van der Waals surface area contributed by atoms with Gasteiger partial charge in [0, 0.05) is 29.2 Å². The van der Waals surface area contributed by atoms with Gasteiger partial charge in [-0.05, 0) is 42.7 Å². The topological polar surface area (TPSA) is 74.0 Å². The fourth-order valence-corrected chi connectivity index (χ4v) is 2.76. The molecule has 0 saturated carbocycles. The maximum Gasteiger partial charge on any atom is 0.251 e. The van der Waals surface area contributed by atoms with Crippen LogP contribution in [0.15, 0.2) is 54.7 Å². The fourth-order valence-electron chi connectivity index (χ4n) is 2.76. The van der Waals surface area contributed by atoms with Crippen molar-refractivity contribution in [3.8, 4) is 0 Å². The van der Waals surface area contributed by atoms with Crippen LogP contribution in [0.4, 0.5) is 0 Å². The van der Waals surface area contributed by atoms with E-state index in [0.29, 0.717) is 12.1 Å². The minimum absolute atomic E-state index is 0.0270. The Kier molecular flexibility index (Phi) is 5.14. The van der Waals surface area contributed by atoms with Crippen molar-refractivity contribution in [1.82, 2.24) is 15.6 Å². The monoisotopic (exact) mass is 335 g/mol. The number of rotatable bonds is 6. The molecule has 5 heteroatoms. The Morgan fingerprint density at radius 1 is 1.04 bits per heavy atom. The Morgan fingerprint density at radius 2 is 1.84 bits per heavy atom. The van der Waals surface area contributed by atoms with E-state index in [2.05, 4.69) is 40.7 Å². The summed E-state index contributed by atoms with van der Waals surface area (Å²) in [6.45, 7) is 2.56. The predicted molar refractivity (Wildman–Crippen MR) is 98.5 cm³/mol. The molecule has 0 spiro atoms. The third kappa shape index (κ3) is 4.26. The third-order valence-corrected chi connectivity index (χ3v) is 4.08. The average Bonchev–Trinajstić information content (AvgIpc) is 3.02. The van der Waals surface area contributed by atoms with Crippen LogP contribution in [0.3, 0.4) is 0 Å². The summed E-state index contributed by atoms with van der Waals surface area (Å²) < 4.78 is 0. The van der Waals surface area contributed by atoms with Crippen LogP contribution in [0.2, 0.25) is 0 Å². The molecular formula is C20H21N3O2. The predicted octanol–water partition coefficient (Wildman–Crippen LogP) is 2.57.